The number of carbonyl (C=O) groups is 1. The van der Waals surface area contributed by atoms with E-state index >= 15 is 0 Å². The van der Waals surface area contributed by atoms with Gasteiger partial charge in [0.2, 0.25) is 0 Å². The number of benzene rings is 2. The summed E-state index contributed by atoms with van der Waals surface area (Å²) in [5.41, 5.74) is 4.69. The lowest BCUT2D eigenvalue weighted by Gasteiger charge is -2.28. The molecular formula is C21H20N2O2. The Bertz CT molecular complexity index is 895. The van der Waals surface area contributed by atoms with Crippen LogP contribution in [0, 0.1) is 0 Å². The van der Waals surface area contributed by atoms with Gasteiger partial charge in [0.1, 0.15) is 17.7 Å². The van der Waals surface area contributed by atoms with E-state index in [0.29, 0.717) is 5.76 Å². The molecule has 4 heteroatoms. The summed E-state index contributed by atoms with van der Waals surface area (Å²) in [5.74, 6) is 1.11. The van der Waals surface area contributed by atoms with E-state index in [1.54, 1.807) is 0 Å². The van der Waals surface area contributed by atoms with E-state index in [1.165, 1.54) is 0 Å². The summed E-state index contributed by atoms with van der Waals surface area (Å²) in [7, 11) is 0. The highest BCUT2D eigenvalue weighted by molar-refractivity contribution is 6.16. The highest BCUT2D eigenvalue weighted by atomic mass is 16.5. The molecule has 0 fully saturated rings. The number of nitrogens with zero attached hydrogens (tertiary/aromatic N) is 2. The fourth-order valence-electron chi connectivity index (χ4n) is 3.48. The van der Waals surface area contributed by atoms with Crippen molar-refractivity contribution in [2.75, 3.05) is 18.0 Å². The van der Waals surface area contributed by atoms with Crippen LogP contribution in [0.25, 0.3) is 0 Å². The number of fused-ring (bicyclic) bond motifs is 4. The fraction of sp³-hybridized carbons (Fsp3) is 0.238. The molecule has 0 aromatic heterocycles. The van der Waals surface area contributed by atoms with Gasteiger partial charge in [0.05, 0.1) is 5.92 Å². The van der Waals surface area contributed by atoms with Gasteiger partial charge in [0.15, 0.2) is 11.5 Å². The van der Waals surface area contributed by atoms with Crippen molar-refractivity contribution in [3.8, 4) is 5.75 Å². The van der Waals surface area contributed by atoms with Crippen LogP contribution >= 0.6 is 0 Å². The van der Waals surface area contributed by atoms with Gasteiger partial charge in [-0.1, -0.05) is 24.3 Å². The van der Waals surface area contributed by atoms with E-state index in [0.717, 1.165) is 53.3 Å². The van der Waals surface area contributed by atoms with Crippen LogP contribution in [0.4, 0.5) is 11.4 Å². The van der Waals surface area contributed by atoms with Crippen molar-refractivity contribution < 1.29 is 9.53 Å². The second kappa shape index (κ2) is 6.20. The van der Waals surface area contributed by atoms with Gasteiger partial charge < -0.3 is 14.4 Å². The number of rotatable bonds is 4. The number of hydrogen-bond acceptors (Lipinski definition) is 4. The quantitative estimate of drug-likeness (QED) is 0.787. The molecule has 0 amide bonds. The molecular weight excluding hydrogens is 312 g/mol. The maximum Gasteiger partial charge on any atom is 0.155 e. The number of hydrogen-bond donors (Lipinski definition) is 0. The molecule has 1 unspecified atom stereocenters. The predicted octanol–water partition coefficient (Wildman–Crippen LogP) is 4.23. The van der Waals surface area contributed by atoms with E-state index in [1.807, 2.05) is 42.5 Å². The van der Waals surface area contributed by atoms with Crippen LogP contribution in [0.1, 0.15) is 30.9 Å². The SMILES string of the molecule is CCN(CC)c1ccc2c(c1)OC1=CC(C=O)c3ccccc3C1=N2. The molecule has 4 rings (SSSR count). The maximum absolute atomic E-state index is 11.5. The Kier molecular flexibility index (Phi) is 3.88. The normalized spacial score (nSPS) is 17.3. The van der Waals surface area contributed by atoms with Crippen molar-refractivity contribution in [1.82, 2.24) is 0 Å². The van der Waals surface area contributed by atoms with Crippen molar-refractivity contribution in [2.45, 2.75) is 19.8 Å². The summed E-state index contributed by atoms with van der Waals surface area (Å²) >= 11 is 0. The standard InChI is InChI=1S/C21H20N2O2/c1-3-23(4-2)15-9-10-18-19(12-15)25-20-11-14(13-24)16-7-5-6-8-17(16)21(20)22-18/h5-14H,3-4H2,1-2H3. The Morgan fingerprint density at radius 3 is 2.72 bits per heavy atom. The van der Waals surface area contributed by atoms with Gasteiger partial charge in [0, 0.05) is 30.4 Å². The third kappa shape index (κ3) is 2.54. The topological polar surface area (TPSA) is 41.9 Å². The maximum atomic E-state index is 11.5. The Morgan fingerprint density at radius 2 is 1.96 bits per heavy atom. The van der Waals surface area contributed by atoms with E-state index in [2.05, 4.69) is 24.8 Å². The van der Waals surface area contributed by atoms with Crippen LogP contribution in [0.2, 0.25) is 0 Å². The van der Waals surface area contributed by atoms with Gasteiger partial charge in [-0.05, 0) is 37.6 Å². The molecule has 1 aliphatic heterocycles. The van der Waals surface area contributed by atoms with Crippen LogP contribution in [0.5, 0.6) is 5.75 Å². The number of anilines is 1. The van der Waals surface area contributed by atoms with Crippen molar-refractivity contribution in [1.29, 1.82) is 0 Å². The lowest BCUT2D eigenvalue weighted by molar-refractivity contribution is -0.108. The first kappa shape index (κ1) is 15.6. The second-order valence-corrected chi connectivity index (χ2v) is 6.17. The molecule has 1 aliphatic carbocycles. The average Bonchev–Trinajstić information content (AvgIpc) is 2.66. The summed E-state index contributed by atoms with van der Waals surface area (Å²) in [6, 6.07) is 14.0. The largest absolute Gasteiger partial charge is 0.453 e. The predicted molar refractivity (Wildman–Crippen MR) is 100 cm³/mol. The Hall–Kier alpha value is -2.88. The van der Waals surface area contributed by atoms with Gasteiger partial charge in [-0.3, -0.25) is 0 Å². The molecule has 0 bridgehead atoms. The zero-order valence-electron chi connectivity index (χ0n) is 14.4. The highest BCUT2D eigenvalue weighted by Crippen LogP contribution is 2.41. The molecule has 2 aliphatic rings. The molecule has 1 atom stereocenters. The van der Waals surface area contributed by atoms with Crippen molar-refractivity contribution in [3.05, 3.63) is 65.4 Å². The minimum absolute atomic E-state index is 0.294. The van der Waals surface area contributed by atoms with Crippen LogP contribution in [0.15, 0.2) is 59.3 Å². The first-order valence-electron chi connectivity index (χ1n) is 8.67. The summed E-state index contributed by atoms with van der Waals surface area (Å²) in [5, 5.41) is 0. The van der Waals surface area contributed by atoms with Crippen molar-refractivity contribution in [2.24, 2.45) is 4.99 Å². The zero-order valence-corrected chi connectivity index (χ0v) is 14.4. The van der Waals surface area contributed by atoms with E-state index in [9.17, 15) is 4.79 Å². The molecule has 0 saturated heterocycles. The molecule has 2 aromatic rings. The molecule has 1 heterocycles. The van der Waals surface area contributed by atoms with Gasteiger partial charge >= 0.3 is 0 Å². The number of aliphatic imine (C=N–C) groups is 1. The lowest BCUT2D eigenvalue weighted by atomic mass is 9.86. The molecule has 0 saturated carbocycles. The zero-order chi connectivity index (χ0) is 17.4. The van der Waals surface area contributed by atoms with E-state index in [4.69, 9.17) is 9.73 Å². The molecule has 126 valence electrons. The highest BCUT2D eigenvalue weighted by Gasteiger charge is 2.29. The fourth-order valence-corrected chi connectivity index (χ4v) is 3.48. The Labute approximate surface area is 147 Å². The van der Waals surface area contributed by atoms with Crippen molar-refractivity contribution >= 4 is 23.4 Å². The molecule has 0 spiro atoms. The van der Waals surface area contributed by atoms with Gasteiger partial charge in [-0.25, -0.2) is 4.99 Å². The van der Waals surface area contributed by atoms with Crippen LogP contribution < -0.4 is 9.64 Å². The number of aldehydes is 1. The average molecular weight is 332 g/mol. The monoisotopic (exact) mass is 332 g/mol. The van der Waals surface area contributed by atoms with Crippen LogP contribution in [0.3, 0.4) is 0 Å². The van der Waals surface area contributed by atoms with E-state index in [-0.39, 0.29) is 5.92 Å². The summed E-state index contributed by atoms with van der Waals surface area (Å²) in [4.78, 5) is 18.6. The number of carbonyl (C=O) groups excluding carboxylic acids is 1. The molecule has 0 N–H and O–H groups in total. The number of allylic oxidation sites excluding steroid dienone is 2. The Balaban J connectivity index is 1.82. The second-order valence-electron chi connectivity index (χ2n) is 6.17. The first-order chi connectivity index (χ1) is 12.2. The molecule has 2 aromatic carbocycles. The summed E-state index contributed by atoms with van der Waals surface area (Å²) < 4.78 is 6.15. The summed E-state index contributed by atoms with van der Waals surface area (Å²) in [6.45, 7) is 6.14. The van der Waals surface area contributed by atoms with Crippen LogP contribution in [-0.4, -0.2) is 25.1 Å². The third-order valence-electron chi connectivity index (χ3n) is 4.81. The van der Waals surface area contributed by atoms with Crippen molar-refractivity contribution in [3.63, 3.8) is 0 Å². The first-order valence-corrected chi connectivity index (χ1v) is 8.67. The minimum Gasteiger partial charge on any atom is -0.453 e. The molecule has 25 heavy (non-hydrogen) atoms. The van der Waals surface area contributed by atoms with Gasteiger partial charge in [-0.2, -0.15) is 0 Å². The summed E-state index contributed by atoms with van der Waals surface area (Å²) in [6.07, 6.45) is 2.81. The molecule has 0 radical (unpaired) electrons. The lowest BCUT2D eigenvalue weighted by Crippen LogP contribution is -2.24. The molecule has 4 nitrogen and oxygen atoms in total. The smallest absolute Gasteiger partial charge is 0.155 e. The minimum atomic E-state index is -0.294. The van der Waals surface area contributed by atoms with Crippen LogP contribution in [-0.2, 0) is 4.79 Å². The number of ether oxygens (including phenoxy) is 1. The van der Waals surface area contributed by atoms with Gasteiger partial charge in [-0.15, -0.1) is 0 Å². The Morgan fingerprint density at radius 1 is 1.16 bits per heavy atom. The van der Waals surface area contributed by atoms with E-state index < -0.39 is 0 Å². The van der Waals surface area contributed by atoms with Gasteiger partial charge in [0.25, 0.3) is 0 Å². The third-order valence-corrected chi connectivity index (χ3v) is 4.81.